The Bertz CT molecular complexity index is 1200. The molecule has 0 fully saturated rings. The number of carbonyl (C=O) groups is 2. The normalized spacial score (nSPS) is 15.3. The van der Waals surface area contributed by atoms with Crippen molar-refractivity contribution in [1.29, 1.82) is 0 Å². The summed E-state index contributed by atoms with van der Waals surface area (Å²) in [5.41, 5.74) is 4.55. The van der Waals surface area contributed by atoms with Crippen molar-refractivity contribution in [1.82, 2.24) is 0 Å². The SMILES string of the molecule is CCC(=O)Nc1ccc(N2C(C(C)=O)=NN(c3ccc(Cl)cc3)C2c2ccc(CC)cc2)cc1. The summed E-state index contributed by atoms with van der Waals surface area (Å²) in [5.74, 6) is 0.141. The molecule has 1 aliphatic rings. The summed E-state index contributed by atoms with van der Waals surface area (Å²) < 4.78 is 0. The number of aryl methyl sites for hydroxylation is 1. The lowest BCUT2D eigenvalue weighted by molar-refractivity contribution is -0.116. The van der Waals surface area contributed by atoms with Crippen LogP contribution in [0.4, 0.5) is 17.1 Å². The van der Waals surface area contributed by atoms with E-state index in [-0.39, 0.29) is 17.9 Å². The maximum atomic E-state index is 12.7. The highest BCUT2D eigenvalue weighted by atomic mass is 35.5. The average Bonchev–Trinajstić information content (AvgIpc) is 3.26. The number of nitrogens with one attached hydrogen (secondary N) is 1. The lowest BCUT2D eigenvalue weighted by Gasteiger charge is -2.32. The number of benzene rings is 3. The summed E-state index contributed by atoms with van der Waals surface area (Å²) in [5, 5.41) is 10.1. The van der Waals surface area contributed by atoms with Gasteiger partial charge in [-0.2, -0.15) is 0 Å². The van der Waals surface area contributed by atoms with Gasteiger partial charge in [0.05, 0.1) is 5.69 Å². The van der Waals surface area contributed by atoms with Gasteiger partial charge >= 0.3 is 0 Å². The standard InChI is InChI=1S/C27H27ClN4O2/c1-4-19-6-8-20(9-7-19)27-31(23-16-12-22(13-17-23)29-25(34)5-2)26(18(3)33)30-32(27)24-14-10-21(28)11-15-24/h6-17,27H,4-5H2,1-3H3,(H,29,34). The van der Waals surface area contributed by atoms with Gasteiger partial charge in [0.25, 0.3) is 0 Å². The number of Topliss-reactive ketones (excluding diaryl/α,β-unsaturated/α-hetero) is 1. The first-order chi connectivity index (χ1) is 16.4. The van der Waals surface area contributed by atoms with Crippen molar-refractivity contribution in [3.8, 4) is 0 Å². The molecule has 0 bridgehead atoms. The molecule has 1 unspecified atom stereocenters. The lowest BCUT2D eigenvalue weighted by Crippen LogP contribution is -2.37. The van der Waals surface area contributed by atoms with Crippen LogP contribution in [0.5, 0.6) is 0 Å². The molecule has 0 radical (unpaired) electrons. The number of hydrogen-bond acceptors (Lipinski definition) is 5. The zero-order valence-corrected chi connectivity index (χ0v) is 20.2. The molecule has 3 aromatic carbocycles. The summed E-state index contributed by atoms with van der Waals surface area (Å²) in [6.07, 6.45) is 0.971. The Morgan fingerprint density at radius 3 is 2.09 bits per heavy atom. The summed E-state index contributed by atoms with van der Waals surface area (Å²) in [6, 6.07) is 23.2. The van der Waals surface area contributed by atoms with Crippen LogP contribution in [0.1, 0.15) is 44.5 Å². The zero-order valence-electron chi connectivity index (χ0n) is 19.5. The molecule has 0 spiro atoms. The molecule has 7 heteroatoms. The van der Waals surface area contributed by atoms with E-state index in [0.29, 0.717) is 23.0 Å². The Hall–Kier alpha value is -3.64. The summed E-state index contributed by atoms with van der Waals surface area (Å²) in [7, 11) is 0. The Morgan fingerprint density at radius 1 is 0.912 bits per heavy atom. The minimum Gasteiger partial charge on any atom is -0.326 e. The first-order valence-electron chi connectivity index (χ1n) is 11.3. The molecule has 1 amide bonds. The number of halogens is 1. The van der Waals surface area contributed by atoms with Crippen LogP contribution in [-0.4, -0.2) is 17.5 Å². The molecule has 0 saturated carbocycles. The number of nitrogens with zero attached hydrogens (tertiary/aromatic N) is 3. The highest BCUT2D eigenvalue weighted by Gasteiger charge is 2.39. The van der Waals surface area contributed by atoms with E-state index in [0.717, 1.165) is 23.4 Å². The van der Waals surface area contributed by atoms with Gasteiger partial charge in [-0.25, -0.2) is 5.01 Å². The van der Waals surface area contributed by atoms with E-state index < -0.39 is 0 Å². The van der Waals surface area contributed by atoms with Crippen molar-refractivity contribution in [3.05, 3.63) is 88.9 Å². The van der Waals surface area contributed by atoms with E-state index in [4.69, 9.17) is 16.7 Å². The molecular formula is C27H27ClN4O2. The minimum atomic E-state index is -0.373. The molecule has 34 heavy (non-hydrogen) atoms. The monoisotopic (exact) mass is 474 g/mol. The molecule has 1 heterocycles. The number of carbonyl (C=O) groups excluding carboxylic acids is 2. The Balaban J connectivity index is 1.80. The van der Waals surface area contributed by atoms with Crippen LogP contribution in [0.3, 0.4) is 0 Å². The Kier molecular flexibility index (Phi) is 6.98. The van der Waals surface area contributed by atoms with Crippen LogP contribution in [0.2, 0.25) is 5.02 Å². The second-order valence-electron chi connectivity index (χ2n) is 8.09. The van der Waals surface area contributed by atoms with Crippen molar-refractivity contribution in [2.24, 2.45) is 5.10 Å². The third-order valence-electron chi connectivity index (χ3n) is 5.75. The molecule has 1 N–H and O–H groups in total. The van der Waals surface area contributed by atoms with Crippen molar-refractivity contribution < 1.29 is 9.59 Å². The van der Waals surface area contributed by atoms with Gasteiger partial charge in [0, 0.05) is 29.7 Å². The van der Waals surface area contributed by atoms with E-state index in [1.807, 2.05) is 65.4 Å². The maximum absolute atomic E-state index is 12.7. The molecule has 6 nitrogen and oxygen atoms in total. The first-order valence-corrected chi connectivity index (χ1v) is 11.7. The number of ketones is 1. The smallest absolute Gasteiger partial charge is 0.224 e. The predicted octanol–water partition coefficient (Wildman–Crippen LogP) is 6.18. The largest absolute Gasteiger partial charge is 0.326 e. The average molecular weight is 475 g/mol. The number of hydrogen-bond donors (Lipinski definition) is 1. The van der Waals surface area contributed by atoms with Gasteiger partial charge in [-0.3, -0.25) is 14.5 Å². The number of rotatable bonds is 7. The quantitative estimate of drug-likeness (QED) is 0.444. The third-order valence-corrected chi connectivity index (χ3v) is 6.00. The number of amidine groups is 1. The molecule has 0 aliphatic carbocycles. The highest BCUT2D eigenvalue weighted by Crippen LogP contribution is 2.39. The summed E-state index contributed by atoms with van der Waals surface area (Å²) in [4.78, 5) is 26.4. The van der Waals surface area contributed by atoms with E-state index in [1.165, 1.54) is 12.5 Å². The number of hydrazone groups is 1. The zero-order chi connectivity index (χ0) is 24.2. The van der Waals surface area contributed by atoms with Crippen LogP contribution in [0.25, 0.3) is 0 Å². The first kappa shape index (κ1) is 23.5. The van der Waals surface area contributed by atoms with Crippen LogP contribution in [-0.2, 0) is 16.0 Å². The Morgan fingerprint density at radius 2 is 1.53 bits per heavy atom. The number of anilines is 3. The van der Waals surface area contributed by atoms with Gasteiger partial charge in [0.15, 0.2) is 17.8 Å². The highest BCUT2D eigenvalue weighted by molar-refractivity contribution is 6.44. The fourth-order valence-electron chi connectivity index (χ4n) is 3.90. The van der Waals surface area contributed by atoms with E-state index in [2.05, 4.69) is 36.5 Å². The topological polar surface area (TPSA) is 65.0 Å². The van der Waals surface area contributed by atoms with Gasteiger partial charge in [-0.15, -0.1) is 5.10 Å². The van der Waals surface area contributed by atoms with Crippen LogP contribution < -0.4 is 15.2 Å². The predicted molar refractivity (Wildman–Crippen MR) is 138 cm³/mol. The fraction of sp³-hybridized carbons (Fsp3) is 0.222. The van der Waals surface area contributed by atoms with Crippen molar-refractivity contribution in [3.63, 3.8) is 0 Å². The Labute approximate surface area is 204 Å². The second kappa shape index (κ2) is 10.1. The van der Waals surface area contributed by atoms with Gasteiger partial charge < -0.3 is 5.32 Å². The molecule has 1 aliphatic heterocycles. The van der Waals surface area contributed by atoms with Crippen LogP contribution in [0, 0.1) is 0 Å². The molecular weight excluding hydrogens is 448 g/mol. The van der Waals surface area contributed by atoms with E-state index >= 15 is 0 Å². The van der Waals surface area contributed by atoms with Crippen molar-refractivity contribution in [2.45, 2.75) is 39.8 Å². The van der Waals surface area contributed by atoms with Crippen molar-refractivity contribution >= 4 is 46.2 Å². The van der Waals surface area contributed by atoms with Crippen molar-refractivity contribution in [2.75, 3.05) is 15.2 Å². The molecule has 1 atom stereocenters. The third kappa shape index (κ3) is 4.82. The molecule has 3 aromatic rings. The van der Waals surface area contributed by atoms with Crippen LogP contribution in [0.15, 0.2) is 77.9 Å². The van der Waals surface area contributed by atoms with Gasteiger partial charge in [0.1, 0.15) is 0 Å². The summed E-state index contributed by atoms with van der Waals surface area (Å²) >= 11 is 6.12. The second-order valence-corrected chi connectivity index (χ2v) is 8.52. The summed E-state index contributed by atoms with van der Waals surface area (Å²) in [6.45, 7) is 5.44. The molecule has 174 valence electrons. The van der Waals surface area contributed by atoms with E-state index in [1.54, 1.807) is 0 Å². The lowest BCUT2D eigenvalue weighted by atomic mass is 10.1. The maximum Gasteiger partial charge on any atom is 0.224 e. The van der Waals surface area contributed by atoms with Crippen LogP contribution >= 0.6 is 11.6 Å². The van der Waals surface area contributed by atoms with Gasteiger partial charge in [-0.1, -0.05) is 49.7 Å². The van der Waals surface area contributed by atoms with Gasteiger partial charge in [0.2, 0.25) is 5.91 Å². The molecule has 0 aromatic heterocycles. The fourth-order valence-corrected chi connectivity index (χ4v) is 4.02. The molecule has 0 saturated heterocycles. The van der Waals surface area contributed by atoms with Gasteiger partial charge in [-0.05, 0) is 66.1 Å². The molecule has 4 rings (SSSR count). The minimum absolute atomic E-state index is 0.0530. The number of amides is 1. The van der Waals surface area contributed by atoms with E-state index in [9.17, 15) is 9.59 Å².